The number of halogens is 1. The highest BCUT2D eigenvalue weighted by atomic mass is 35.5. The number of hydrogen-bond donors (Lipinski definition) is 0. The molecule has 2 fully saturated rings. The number of nitrogens with zero attached hydrogens (tertiary/aromatic N) is 3. The minimum absolute atomic E-state index is 0.0240. The van der Waals surface area contributed by atoms with Gasteiger partial charge in [-0.15, -0.1) is 6.42 Å². The van der Waals surface area contributed by atoms with E-state index in [1.54, 1.807) is 0 Å². The number of nitro benzene ring substituents is 1. The van der Waals surface area contributed by atoms with E-state index >= 15 is 0 Å². The fraction of sp³-hybridized carbons (Fsp3) is 0.316. The third-order valence-electron chi connectivity index (χ3n) is 5.31. The van der Waals surface area contributed by atoms with Crippen LogP contribution in [-0.2, 0) is 9.59 Å². The van der Waals surface area contributed by atoms with E-state index < -0.39 is 4.92 Å². The molecule has 0 spiro atoms. The Morgan fingerprint density at radius 2 is 1.96 bits per heavy atom. The van der Waals surface area contributed by atoms with Gasteiger partial charge in [-0.3, -0.25) is 19.7 Å². The molecular formula is C19H14ClN3O5. The highest BCUT2D eigenvalue weighted by molar-refractivity contribution is 6.32. The molecule has 1 aromatic carbocycles. The van der Waals surface area contributed by atoms with Gasteiger partial charge in [0, 0.05) is 11.6 Å². The number of rotatable bonds is 5. The highest BCUT2D eigenvalue weighted by Gasteiger charge is 2.59. The second kappa shape index (κ2) is 6.77. The van der Waals surface area contributed by atoms with Crippen LogP contribution >= 0.6 is 11.6 Å². The van der Waals surface area contributed by atoms with Gasteiger partial charge >= 0.3 is 5.69 Å². The number of carbonyl (C=O) groups excluding carboxylic acids is 2. The summed E-state index contributed by atoms with van der Waals surface area (Å²) in [4.78, 5) is 35.9. The third kappa shape index (κ3) is 2.75. The topological polar surface area (TPSA) is 102 Å². The predicted octanol–water partition coefficient (Wildman–Crippen LogP) is 2.40. The van der Waals surface area contributed by atoms with Crippen molar-refractivity contribution >= 4 is 35.3 Å². The van der Waals surface area contributed by atoms with E-state index in [1.807, 2.05) is 12.2 Å². The number of allylic oxidation sites excluding steroid dienone is 2. The molecule has 4 atom stereocenters. The van der Waals surface area contributed by atoms with E-state index in [0.29, 0.717) is 0 Å². The number of hydrogen-bond acceptors (Lipinski definition) is 6. The normalized spacial score (nSPS) is 27.5. The van der Waals surface area contributed by atoms with Crippen molar-refractivity contribution in [3.63, 3.8) is 0 Å². The van der Waals surface area contributed by atoms with Crippen LogP contribution in [0.3, 0.4) is 0 Å². The molecule has 0 aromatic heterocycles. The Kier molecular flexibility index (Phi) is 4.40. The number of nitro groups is 1. The number of fused-ring (bicyclic) bond motifs is 5. The standard InChI is InChI=1S/C19H14ClN3O5/c1-2-5-28-17-13(20)6-10(7-14(17)23(26)27)9-21-22-18(24)15-11-3-4-12(8-11)16(15)19(22)25/h1,3-4,6-7,9,11-12,15-16H,5,8H2/t11-,12-,15-,16+/m0/s1. The lowest BCUT2D eigenvalue weighted by Gasteiger charge is -2.13. The number of imide groups is 1. The zero-order valence-corrected chi connectivity index (χ0v) is 15.2. The van der Waals surface area contributed by atoms with Gasteiger partial charge in [0.2, 0.25) is 5.75 Å². The van der Waals surface area contributed by atoms with Gasteiger partial charge < -0.3 is 4.74 Å². The Morgan fingerprint density at radius 1 is 1.32 bits per heavy atom. The van der Waals surface area contributed by atoms with Crippen LogP contribution in [0.4, 0.5) is 5.69 Å². The van der Waals surface area contributed by atoms with Gasteiger partial charge in [0.25, 0.3) is 11.8 Å². The van der Waals surface area contributed by atoms with Gasteiger partial charge in [-0.25, -0.2) is 0 Å². The Bertz CT molecular complexity index is 966. The van der Waals surface area contributed by atoms with Crippen LogP contribution in [0.2, 0.25) is 5.02 Å². The lowest BCUT2D eigenvalue weighted by atomic mass is 9.85. The van der Waals surface area contributed by atoms with E-state index in [1.165, 1.54) is 18.3 Å². The second-order valence-electron chi connectivity index (χ2n) is 6.83. The molecule has 9 heteroatoms. The molecule has 1 aromatic rings. The molecule has 28 heavy (non-hydrogen) atoms. The first-order chi connectivity index (χ1) is 13.4. The van der Waals surface area contributed by atoms with Gasteiger partial charge in [0.1, 0.15) is 6.61 Å². The van der Waals surface area contributed by atoms with Crippen LogP contribution in [0, 0.1) is 46.1 Å². The second-order valence-corrected chi connectivity index (χ2v) is 7.24. The summed E-state index contributed by atoms with van der Waals surface area (Å²) < 4.78 is 5.15. The third-order valence-corrected chi connectivity index (χ3v) is 5.59. The Morgan fingerprint density at radius 3 is 2.54 bits per heavy atom. The van der Waals surface area contributed by atoms with Crippen LogP contribution in [0.15, 0.2) is 29.4 Å². The van der Waals surface area contributed by atoms with Crippen molar-refractivity contribution in [1.29, 1.82) is 0 Å². The Labute approximate surface area is 164 Å². The monoisotopic (exact) mass is 399 g/mol. The summed E-state index contributed by atoms with van der Waals surface area (Å²) >= 11 is 6.08. The predicted molar refractivity (Wildman–Crippen MR) is 99.6 cm³/mol. The Balaban J connectivity index is 1.60. The average Bonchev–Trinajstić information content (AvgIpc) is 3.33. The molecule has 0 unspecified atom stereocenters. The summed E-state index contributed by atoms with van der Waals surface area (Å²) in [6.45, 7) is -0.177. The smallest absolute Gasteiger partial charge is 0.313 e. The van der Waals surface area contributed by atoms with Crippen molar-refractivity contribution in [2.75, 3.05) is 6.61 Å². The van der Waals surface area contributed by atoms with Crippen molar-refractivity contribution in [2.24, 2.45) is 28.8 Å². The maximum absolute atomic E-state index is 12.6. The fourth-order valence-corrected chi connectivity index (χ4v) is 4.47. The summed E-state index contributed by atoms with van der Waals surface area (Å²) in [6, 6.07) is 2.58. The van der Waals surface area contributed by atoms with E-state index in [4.69, 9.17) is 22.8 Å². The number of terminal acetylenes is 1. The van der Waals surface area contributed by atoms with Crippen LogP contribution in [0.1, 0.15) is 12.0 Å². The number of benzene rings is 1. The molecule has 142 valence electrons. The molecule has 1 heterocycles. The number of amides is 2. The maximum atomic E-state index is 12.6. The van der Waals surface area contributed by atoms with Crippen molar-refractivity contribution < 1.29 is 19.2 Å². The van der Waals surface area contributed by atoms with Crippen LogP contribution in [0.25, 0.3) is 0 Å². The molecule has 3 aliphatic rings. The molecule has 2 aliphatic carbocycles. The van der Waals surface area contributed by atoms with Crippen LogP contribution < -0.4 is 4.74 Å². The molecule has 2 bridgehead atoms. The van der Waals surface area contributed by atoms with Crippen LogP contribution in [0.5, 0.6) is 5.75 Å². The van der Waals surface area contributed by atoms with E-state index in [-0.39, 0.29) is 64.1 Å². The van der Waals surface area contributed by atoms with Gasteiger partial charge in [0.05, 0.1) is 28.0 Å². The zero-order chi connectivity index (χ0) is 20.0. The molecule has 0 radical (unpaired) electrons. The first-order valence-electron chi connectivity index (χ1n) is 8.56. The SMILES string of the molecule is C#CCOc1c(Cl)cc(C=NN2C(=O)[C@@H]3[C@H](C2=O)[C@H]2C=C[C@H]3C2)cc1[N+](=O)[O-]. The van der Waals surface area contributed by atoms with E-state index in [0.717, 1.165) is 11.4 Å². The van der Waals surface area contributed by atoms with Gasteiger partial charge in [0.15, 0.2) is 0 Å². The molecule has 1 saturated carbocycles. The molecule has 1 saturated heterocycles. The molecular weight excluding hydrogens is 386 g/mol. The quantitative estimate of drug-likeness (QED) is 0.189. The minimum atomic E-state index is -0.658. The number of hydrazone groups is 1. The van der Waals surface area contributed by atoms with E-state index in [9.17, 15) is 19.7 Å². The molecule has 8 nitrogen and oxygen atoms in total. The zero-order valence-electron chi connectivity index (χ0n) is 14.4. The first-order valence-corrected chi connectivity index (χ1v) is 8.94. The minimum Gasteiger partial charge on any atom is -0.473 e. The molecule has 4 rings (SSSR count). The van der Waals surface area contributed by atoms with Gasteiger partial charge in [-0.05, 0) is 24.3 Å². The van der Waals surface area contributed by atoms with Gasteiger partial charge in [-0.1, -0.05) is 29.7 Å². The summed E-state index contributed by atoms with van der Waals surface area (Å²) in [5.74, 6) is 0.823. The molecule has 1 aliphatic heterocycles. The lowest BCUT2D eigenvalue weighted by Crippen LogP contribution is -2.28. The summed E-state index contributed by atoms with van der Waals surface area (Å²) in [6.07, 6.45) is 11.1. The average molecular weight is 400 g/mol. The largest absolute Gasteiger partial charge is 0.473 e. The summed E-state index contributed by atoms with van der Waals surface area (Å²) in [7, 11) is 0. The van der Waals surface area contributed by atoms with Gasteiger partial charge in [-0.2, -0.15) is 10.1 Å². The van der Waals surface area contributed by atoms with Crippen LogP contribution in [-0.4, -0.2) is 34.6 Å². The first kappa shape index (κ1) is 18.2. The highest BCUT2D eigenvalue weighted by Crippen LogP contribution is 2.52. The van der Waals surface area contributed by atoms with Crippen molar-refractivity contribution in [3.8, 4) is 18.1 Å². The van der Waals surface area contributed by atoms with E-state index in [2.05, 4.69) is 11.0 Å². The number of ether oxygens (including phenoxy) is 1. The number of carbonyl (C=O) groups is 2. The van der Waals surface area contributed by atoms with Crippen molar-refractivity contribution in [1.82, 2.24) is 5.01 Å². The molecule has 2 amide bonds. The molecule has 0 N–H and O–H groups in total. The summed E-state index contributed by atoms with van der Waals surface area (Å²) in [5, 5.41) is 16.1. The summed E-state index contributed by atoms with van der Waals surface area (Å²) in [5.41, 5.74) is -0.133. The maximum Gasteiger partial charge on any atom is 0.313 e. The fourth-order valence-electron chi connectivity index (χ4n) is 4.19. The van der Waals surface area contributed by atoms with Crippen molar-refractivity contribution in [2.45, 2.75) is 6.42 Å². The van der Waals surface area contributed by atoms with Crippen molar-refractivity contribution in [3.05, 3.63) is 45.0 Å². The lowest BCUT2D eigenvalue weighted by molar-refractivity contribution is -0.385. The Hall–Kier alpha value is -3.18.